The van der Waals surface area contributed by atoms with Crippen molar-refractivity contribution in [2.75, 3.05) is 19.7 Å². The number of ether oxygens (including phenoxy) is 1. The Hall–Kier alpha value is -3.68. The van der Waals surface area contributed by atoms with Crippen LogP contribution in [0.25, 0.3) is 11.3 Å². The van der Waals surface area contributed by atoms with Gasteiger partial charge in [0, 0.05) is 24.9 Å². The third-order valence-corrected chi connectivity index (χ3v) is 5.98. The largest absolute Gasteiger partial charge is 0.493 e. The summed E-state index contributed by atoms with van der Waals surface area (Å²) in [6.07, 6.45) is 1.13. The predicted molar refractivity (Wildman–Crippen MR) is 117 cm³/mol. The van der Waals surface area contributed by atoms with E-state index in [1.807, 2.05) is 0 Å². The van der Waals surface area contributed by atoms with Crippen LogP contribution in [0.2, 0.25) is 0 Å². The highest BCUT2D eigenvalue weighted by molar-refractivity contribution is 5.92. The van der Waals surface area contributed by atoms with Gasteiger partial charge in [0.05, 0.1) is 12.2 Å². The van der Waals surface area contributed by atoms with Gasteiger partial charge in [-0.1, -0.05) is 12.1 Å². The molecule has 0 aliphatic carbocycles. The van der Waals surface area contributed by atoms with Gasteiger partial charge in [0.1, 0.15) is 23.1 Å². The van der Waals surface area contributed by atoms with Crippen molar-refractivity contribution in [1.82, 2.24) is 4.90 Å². The Balaban J connectivity index is 1.42. The fraction of sp³-hybridized carbons (Fsp3) is 0.280. The van der Waals surface area contributed by atoms with Crippen LogP contribution in [0, 0.1) is 17.0 Å². The molecule has 1 saturated heterocycles. The second-order valence-electron chi connectivity index (χ2n) is 8.32. The van der Waals surface area contributed by atoms with Gasteiger partial charge >= 0.3 is 0 Å². The smallest absolute Gasteiger partial charge is 0.289 e. The molecule has 1 aromatic heterocycles. The average molecular weight is 454 g/mol. The maximum atomic E-state index is 14.0. The molecule has 1 aliphatic heterocycles. The molecule has 172 valence electrons. The van der Waals surface area contributed by atoms with Crippen LogP contribution in [0.5, 0.6) is 5.75 Å². The van der Waals surface area contributed by atoms with E-state index in [-0.39, 0.29) is 41.8 Å². The van der Waals surface area contributed by atoms with Gasteiger partial charge < -0.3 is 19.8 Å². The lowest BCUT2D eigenvalue weighted by atomic mass is 9.76. The number of primary amides is 1. The highest BCUT2D eigenvalue weighted by Gasteiger charge is 2.39. The second-order valence-corrected chi connectivity index (χ2v) is 8.32. The molecule has 0 bridgehead atoms. The first-order valence-electron chi connectivity index (χ1n) is 10.7. The molecule has 0 spiro atoms. The lowest BCUT2D eigenvalue weighted by Gasteiger charge is -2.40. The minimum Gasteiger partial charge on any atom is -0.493 e. The van der Waals surface area contributed by atoms with Gasteiger partial charge in [-0.2, -0.15) is 0 Å². The summed E-state index contributed by atoms with van der Waals surface area (Å²) < 4.78 is 38.6. The third kappa shape index (κ3) is 5.22. The van der Waals surface area contributed by atoms with Crippen molar-refractivity contribution in [3.8, 4) is 17.1 Å². The van der Waals surface area contributed by atoms with Gasteiger partial charge in [-0.15, -0.1) is 0 Å². The number of likely N-dealkylation sites (tertiary alicyclic amines) is 1. The van der Waals surface area contributed by atoms with Crippen molar-refractivity contribution < 1.29 is 27.5 Å². The van der Waals surface area contributed by atoms with E-state index in [1.54, 1.807) is 29.2 Å². The van der Waals surface area contributed by atoms with Gasteiger partial charge in [0.2, 0.25) is 5.91 Å². The van der Waals surface area contributed by atoms with E-state index in [9.17, 15) is 18.4 Å². The highest BCUT2D eigenvalue weighted by Crippen LogP contribution is 2.36. The number of hydrogen-bond acceptors (Lipinski definition) is 4. The molecule has 3 aromatic rings. The average Bonchev–Trinajstić information content (AvgIpc) is 3.29. The minimum absolute atomic E-state index is 0.119. The minimum atomic E-state index is -0.529. The van der Waals surface area contributed by atoms with Crippen LogP contribution in [0.3, 0.4) is 0 Å². The standard InChI is InChI=1S/C25H24F2N2O4/c26-17-5-7-18(8-6-17)32-16-25(15-23(28)30)11-13-29(14-12-25)24(31)22-10-9-21(33-22)19-3-1-2-4-20(19)27/h1-10H,11-16H2,(H2,28,30). The zero-order valence-electron chi connectivity index (χ0n) is 17.9. The summed E-state index contributed by atoms with van der Waals surface area (Å²) in [4.78, 5) is 26.3. The normalized spacial score (nSPS) is 15.3. The number of amides is 2. The van der Waals surface area contributed by atoms with Crippen LogP contribution in [-0.2, 0) is 4.79 Å². The molecule has 2 N–H and O–H groups in total. The van der Waals surface area contributed by atoms with Crippen LogP contribution in [0.4, 0.5) is 8.78 Å². The Morgan fingerprint density at radius 1 is 1.00 bits per heavy atom. The van der Waals surface area contributed by atoms with Crippen LogP contribution >= 0.6 is 0 Å². The van der Waals surface area contributed by atoms with Crippen molar-refractivity contribution >= 4 is 11.8 Å². The number of furan rings is 1. The van der Waals surface area contributed by atoms with E-state index in [0.717, 1.165) is 0 Å². The van der Waals surface area contributed by atoms with Gasteiger partial charge in [-0.05, 0) is 61.4 Å². The van der Waals surface area contributed by atoms with E-state index < -0.39 is 17.1 Å². The topological polar surface area (TPSA) is 85.8 Å². The maximum Gasteiger partial charge on any atom is 0.289 e. The van der Waals surface area contributed by atoms with Crippen molar-refractivity contribution in [2.24, 2.45) is 11.1 Å². The van der Waals surface area contributed by atoms with E-state index in [4.69, 9.17) is 14.9 Å². The summed E-state index contributed by atoms with van der Waals surface area (Å²) >= 11 is 0. The summed E-state index contributed by atoms with van der Waals surface area (Å²) in [5, 5.41) is 0. The van der Waals surface area contributed by atoms with Crippen molar-refractivity contribution in [3.63, 3.8) is 0 Å². The fourth-order valence-corrected chi connectivity index (χ4v) is 4.11. The monoisotopic (exact) mass is 454 g/mol. The molecule has 0 saturated carbocycles. The predicted octanol–water partition coefficient (Wildman–Crippen LogP) is 4.40. The summed E-state index contributed by atoms with van der Waals surface area (Å²) in [5.41, 5.74) is 5.24. The molecule has 4 rings (SSSR count). The number of hydrogen-bond donors (Lipinski definition) is 1. The number of rotatable bonds is 7. The van der Waals surface area contributed by atoms with Gasteiger partial charge in [-0.25, -0.2) is 8.78 Å². The fourth-order valence-electron chi connectivity index (χ4n) is 4.11. The number of halogens is 2. The first-order valence-corrected chi connectivity index (χ1v) is 10.7. The molecule has 2 amide bonds. The van der Waals surface area contributed by atoms with Crippen molar-refractivity contribution in [1.29, 1.82) is 0 Å². The Bertz CT molecular complexity index is 1140. The Kier molecular flexibility index (Phi) is 6.44. The summed E-state index contributed by atoms with van der Waals surface area (Å²) in [7, 11) is 0. The second kappa shape index (κ2) is 9.44. The zero-order chi connectivity index (χ0) is 23.4. The number of benzene rings is 2. The Labute approximate surface area is 189 Å². The number of piperidine rings is 1. The van der Waals surface area contributed by atoms with Crippen molar-refractivity contribution in [3.05, 3.63) is 78.1 Å². The molecule has 1 fully saturated rings. The summed E-state index contributed by atoms with van der Waals surface area (Å²) in [6, 6.07) is 15.0. The number of nitrogens with two attached hydrogens (primary N) is 1. The van der Waals surface area contributed by atoms with E-state index in [0.29, 0.717) is 31.7 Å². The molecule has 0 unspecified atom stereocenters. The molecule has 33 heavy (non-hydrogen) atoms. The molecule has 1 aliphatic rings. The highest BCUT2D eigenvalue weighted by atomic mass is 19.1. The van der Waals surface area contributed by atoms with Crippen molar-refractivity contribution in [2.45, 2.75) is 19.3 Å². The molecular formula is C25H24F2N2O4. The van der Waals surface area contributed by atoms with Crippen LogP contribution < -0.4 is 10.5 Å². The van der Waals surface area contributed by atoms with Crippen LogP contribution in [-0.4, -0.2) is 36.4 Å². The maximum absolute atomic E-state index is 14.0. The first kappa shape index (κ1) is 22.5. The Morgan fingerprint density at radius 3 is 2.36 bits per heavy atom. The molecule has 6 nitrogen and oxygen atoms in total. The molecule has 2 aromatic carbocycles. The number of carbonyl (C=O) groups excluding carboxylic acids is 2. The summed E-state index contributed by atoms with van der Waals surface area (Å²) in [5.74, 6) is -0.640. The third-order valence-electron chi connectivity index (χ3n) is 5.98. The molecular weight excluding hydrogens is 430 g/mol. The van der Waals surface area contributed by atoms with Gasteiger partial charge in [0.25, 0.3) is 5.91 Å². The molecule has 0 atom stereocenters. The van der Waals surface area contributed by atoms with E-state index >= 15 is 0 Å². The molecule has 8 heteroatoms. The molecule has 2 heterocycles. The van der Waals surface area contributed by atoms with E-state index in [2.05, 4.69) is 0 Å². The van der Waals surface area contributed by atoms with Gasteiger partial charge in [0.15, 0.2) is 5.76 Å². The summed E-state index contributed by atoms with van der Waals surface area (Å²) in [6.45, 7) is 0.991. The SMILES string of the molecule is NC(=O)CC1(COc2ccc(F)cc2)CCN(C(=O)c2ccc(-c3ccccc3F)o2)CC1. The van der Waals surface area contributed by atoms with Gasteiger partial charge in [-0.3, -0.25) is 9.59 Å². The lowest BCUT2D eigenvalue weighted by molar-refractivity contribution is -0.121. The first-order chi connectivity index (χ1) is 15.8. The van der Waals surface area contributed by atoms with E-state index in [1.165, 1.54) is 36.4 Å². The number of nitrogens with zero attached hydrogens (tertiary/aromatic N) is 1. The quantitative estimate of drug-likeness (QED) is 0.573. The molecule has 0 radical (unpaired) electrons. The number of carbonyl (C=O) groups is 2. The lowest BCUT2D eigenvalue weighted by Crippen LogP contribution is -2.47. The zero-order valence-corrected chi connectivity index (χ0v) is 17.9. The van der Waals surface area contributed by atoms with Crippen LogP contribution in [0.1, 0.15) is 29.8 Å². The Morgan fingerprint density at radius 2 is 1.70 bits per heavy atom. The van der Waals surface area contributed by atoms with Crippen LogP contribution in [0.15, 0.2) is 65.1 Å².